The van der Waals surface area contributed by atoms with Gasteiger partial charge in [0.2, 0.25) is 0 Å². The third-order valence-electron chi connectivity index (χ3n) is 6.50. The smallest absolute Gasteiger partial charge is 0.259 e. The lowest BCUT2D eigenvalue weighted by Crippen LogP contribution is -2.27. The van der Waals surface area contributed by atoms with Gasteiger partial charge in [0, 0.05) is 21.8 Å². The molecule has 0 spiro atoms. The molecule has 4 rings (SSSR count). The monoisotopic (exact) mass is 758 g/mol. The molecule has 1 aromatic heterocycles. The van der Waals surface area contributed by atoms with E-state index in [2.05, 4.69) is 77.8 Å². The standard InChI is InChI=1S/C29H29ClI2N2O2S/c1-5-12-36-26-22(31)13-17(14-23(26)32)16-33-28-25(27(35)34-20-9-7-19(30)8-10-20)21-11-6-18(29(2,3)4)15-24(21)37-28/h5,7-10,13-14,16,18H,1,6,11-12,15H2,2-4H3,(H,34,35)/t18-/m1/s1. The van der Waals surface area contributed by atoms with Crippen LogP contribution in [-0.2, 0) is 12.8 Å². The van der Waals surface area contributed by atoms with Crippen LogP contribution >= 0.6 is 68.1 Å². The number of fused-ring (bicyclic) bond motifs is 1. The van der Waals surface area contributed by atoms with Crippen LogP contribution in [0.3, 0.4) is 0 Å². The molecule has 1 heterocycles. The van der Waals surface area contributed by atoms with Crippen molar-refractivity contribution in [3.05, 3.63) is 82.8 Å². The Morgan fingerprint density at radius 1 is 1.24 bits per heavy atom. The van der Waals surface area contributed by atoms with Crippen LogP contribution in [0.15, 0.2) is 54.0 Å². The number of hydrogen-bond acceptors (Lipinski definition) is 4. The number of ether oxygens (including phenoxy) is 1. The molecule has 0 fully saturated rings. The average Bonchev–Trinajstić information content (AvgIpc) is 3.21. The molecule has 3 aromatic rings. The van der Waals surface area contributed by atoms with Gasteiger partial charge in [-0.3, -0.25) is 4.79 Å². The SMILES string of the molecule is C=CCOc1c(I)cc(C=Nc2sc3c(c2C(=O)Nc2ccc(Cl)cc2)CC[C@@H](C(C)(C)C)C3)cc1I. The van der Waals surface area contributed by atoms with E-state index in [9.17, 15) is 4.79 Å². The Morgan fingerprint density at radius 3 is 2.54 bits per heavy atom. The van der Waals surface area contributed by atoms with Crippen LogP contribution in [0, 0.1) is 18.5 Å². The summed E-state index contributed by atoms with van der Waals surface area (Å²) in [5, 5.41) is 4.44. The Balaban J connectivity index is 1.69. The molecule has 1 aliphatic carbocycles. The number of hydrogen-bond donors (Lipinski definition) is 1. The minimum absolute atomic E-state index is 0.126. The lowest BCUT2D eigenvalue weighted by atomic mass is 9.72. The zero-order valence-electron chi connectivity index (χ0n) is 21.0. The largest absolute Gasteiger partial charge is 0.487 e. The van der Waals surface area contributed by atoms with Crippen molar-refractivity contribution in [2.45, 2.75) is 40.0 Å². The van der Waals surface area contributed by atoms with Crippen LogP contribution in [0.1, 0.15) is 53.6 Å². The van der Waals surface area contributed by atoms with Crippen LogP contribution in [0.2, 0.25) is 5.02 Å². The van der Waals surface area contributed by atoms with E-state index in [-0.39, 0.29) is 11.3 Å². The van der Waals surface area contributed by atoms with Crippen molar-refractivity contribution in [1.82, 2.24) is 0 Å². The maximum Gasteiger partial charge on any atom is 0.259 e. The van der Waals surface area contributed by atoms with Crippen LogP contribution in [0.25, 0.3) is 0 Å². The van der Waals surface area contributed by atoms with E-state index in [0.29, 0.717) is 28.8 Å². The summed E-state index contributed by atoms with van der Waals surface area (Å²) in [6.45, 7) is 11.1. The number of nitrogens with one attached hydrogen (secondary N) is 1. The second-order valence-corrected chi connectivity index (χ2v) is 14.0. The highest BCUT2D eigenvalue weighted by Crippen LogP contribution is 2.45. The van der Waals surface area contributed by atoms with E-state index in [4.69, 9.17) is 21.3 Å². The van der Waals surface area contributed by atoms with Crippen molar-refractivity contribution < 1.29 is 9.53 Å². The molecular formula is C29H29ClI2N2O2S. The molecule has 8 heteroatoms. The molecular weight excluding hydrogens is 730 g/mol. The van der Waals surface area contributed by atoms with Gasteiger partial charge in [0.1, 0.15) is 17.4 Å². The maximum absolute atomic E-state index is 13.6. The average molecular weight is 759 g/mol. The van der Waals surface area contributed by atoms with Crippen LogP contribution in [0.4, 0.5) is 10.7 Å². The van der Waals surface area contributed by atoms with Crippen molar-refractivity contribution in [3.63, 3.8) is 0 Å². The topological polar surface area (TPSA) is 50.7 Å². The number of aliphatic imine (C=N–C) groups is 1. The number of rotatable bonds is 7. The van der Waals surface area contributed by atoms with Crippen molar-refractivity contribution in [1.29, 1.82) is 0 Å². The first-order valence-corrected chi connectivity index (χ1v) is 15.4. The van der Waals surface area contributed by atoms with Crippen LogP contribution in [0.5, 0.6) is 5.75 Å². The Morgan fingerprint density at radius 2 is 1.92 bits per heavy atom. The van der Waals surface area contributed by atoms with Crippen LogP contribution in [-0.4, -0.2) is 18.7 Å². The molecule has 1 aliphatic rings. The maximum atomic E-state index is 13.6. The van der Waals surface area contributed by atoms with E-state index < -0.39 is 0 Å². The first-order chi connectivity index (χ1) is 17.6. The molecule has 0 saturated carbocycles. The fraction of sp³-hybridized carbons (Fsp3) is 0.310. The first kappa shape index (κ1) is 28.6. The van der Waals surface area contributed by atoms with E-state index in [1.54, 1.807) is 29.5 Å². The second-order valence-electron chi connectivity index (χ2n) is 10.1. The summed E-state index contributed by atoms with van der Waals surface area (Å²) < 4.78 is 7.82. The van der Waals surface area contributed by atoms with Gasteiger partial charge in [-0.25, -0.2) is 4.99 Å². The molecule has 0 aliphatic heterocycles. The lowest BCUT2D eigenvalue weighted by Gasteiger charge is -2.33. The van der Waals surface area contributed by atoms with Gasteiger partial charge in [-0.1, -0.05) is 45.0 Å². The number of thiophene rings is 1. The van der Waals surface area contributed by atoms with E-state index in [1.165, 1.54) is 4.88 Å². The summed E-state index contributed by atoms with van der Waals surface area (Å²) in [5.41, 5.74) is 3.73. The third kappa shape index (κ3) is 6.96. The quantitative estimate of drug-likeness (QED) is 0.148. The fourth-order valence-corrected chi connectivity index (χ4v) is 7.95. The van der Waals surface area contributed by atoms with Gasteiger partial charge in [0.05, 0.1) is 12.7 Å². The lowest BCUT2D eigenvalue weighted by molar-refractivity contribution is 0.102. The van der Waals surface area contributed by atoms with Crippen molar-refractivity contribution in [2.24, 2.45) is 16.3 Å². The highest BCUT2D eigenvalue weighted by atomic mass is 127. The highest BCUT2D eigenvalue weighted by Gasteiger charge is 2.33. The van der Waals surface area contributed by atoms with Crippen LogP contribution < -0.4 is 10.1 Å². The number of halogens is 3. The van der Waals surface area contributed by atoms with Crippen molar-refractivity contribution >= 4 is 90.9 Å². The molecule has 0 saturated heterocycles. The normalized spacial score (nSPS) is 15.5. The van der Waals surface area contributed by atoms with E-state index in [1.807, 2.05) is 30.5 Å². The van der Waals surface area contributed by atoms with Gasteiger partial charge in [-0.15, -0.1) is 11.3 Å². The molecule has 0 bridgehead atoms. The summed E-state index contributed by atoms with van der Waals surface area (Å²) >= 11 is 12.2. The van der Waals surface area contributed by atoms with E-state index >= 15 is 0 Å². The van der Waals surface area contributed by atoms with Crippen molar-refractivity contribution in [3.8, 4) is 5.75 Å². The molecule has 0 unspecified atom stereocenters. The third-order valence-corrected chi connectivity index (χ3v) is 9.51. The zero-order chi connectivity index (χ0) is 26.7. The molecule has 0 radical (unpaired) electrons. The highest BCUT2D eigenvalue weighted by molar-refractivity contribution is 14.1. The first-order valence-electron chi connectivity index (χ1n) is 12.0. The molecule has 2 aromatic carbocycles. The number of anilines is 1. The molecule has 1 atom stereocenters. The van der Waals surface area contributed by atoms with Crippen molar-refractivity contribution in [2.75, 3.05) is 11.9 Å². The van der Waals surface area contributed by atoms with Gasteiger partial charge in [-0.2, -0.15) is 0 Å². The minimum atomic E-state index is -0.126. The fourth-order valence-electron chi connectivity index (χ4n) is 4.43. The Kier molecular flexibility index (Phi) is 9.40. The summed E-state index contributed by atoms with van der Waals surface area (Å²) in [5.74, 6) is 1.30. The summed E-state index contributed by atoms with van der Waals surface area (Å²) in [6, 6.07) is 11.3. The van der Waals surface area contributed by atoms with Gasteiger partial charge in [0.15, 0.2) is 0 Å². The Bertz CT molecular complexity index is 1320. The predicted octanol–water partition coefficient (Wildman–Crippen LogP) is 9.33. The summed E-state index contributed by atoms with van der Waals surface area (Å²) in [6.07, 6.45) is 6.52. The summed E-state index contributed by atoms with van der Waals surface area (Å²) in [4.78, 5) is 19.7. The molecule has 1 N–H and O–H groups in total. The Hall–Kier alpha value is -1.43. The second kappa shape index (κ2) is 12.2. The Labute approximate surface area is 255 Å². The number of nitrogens with zero attached hydrogens (tertiary/aromatic N) is 1. The molecule has 1 amide bonds. The number of benzene rings is 2. The predicted molar refractivity (Wildman–Crippen MR) is 174 cm³/mol. The molecule has 4 nitrogen and oxygen atoms in total. The van der Waals surface area contributed by atoms with Gasteiger partial charge < -0.3 is 10.1 Å². The molecule has 194 valence electrons. The van der Waals surface area contributed by atoms with Gasteiger partial charge >= 0.3 is 0 Å². The number of carbonyl (C=O) groups is 1. The minimum Gasteiger partial charge on any atom is -0.487 e. The van der Waals surface area contributed by atoms with Gasteiger partial charge in [-0.05, 0) is 123 Å². The summed E-state index contributed by atoms with van der Waals surface area (Å²) in [7, 11) is 0. The molecule has 37 heavy (non-hydrogen) atoms. The van der Waals surface area contributed by atoms with E-state index in [0.717, 1.165) is 48.3 Å². The van der Waals surface area contributed by atoms with Gasteiger partial charge in [0.25, 0.3) is 5.91 Å². The zero-order valence-corrected chi connectivity index (χ0v) is 26.9. The number of amides is 1. The number of carbonyl (C=O) groups excluding carboxylic acids is 1.